The molecule has 6 nitrogen and oxygen atoms in total. The standard InChI is InChI=1S/C19H24N2O4/c1-19(2,25-18(21)22)11-13-4-9-17(14(10-13)12-23-3)24-16-7-5-15(20)6-8-16/h4-10H,11-12,20H2,1-3H3,(H2,21,22). The Morgan fingerprint density at radius 1 is 1.12 bits per heavy atom. The van der Waals surface area contributed by atoms with Crippen molar-refractivity contribution in [2.75, 3.05) is 12.8 Å². The first-order valence-corrected chi connectivity index (χ1v) is 7.91. The van der Waals surface area contributed by atoms with Crippen LogP contribution < -0.4 is 16.2 Å². The summed E-state index contributed by atoms with van der Waals surface area (Å²) in [4.78, 5) is 11.0. The summed E-state index contributed by atoms with van der Waals surface area (Å²) in [5.74, 6) is 1.39. The van der Waals surface area contributed by atoms with Crippen LogP contribution in [0, 0.1) is 0 Å². The highest BCUT2D eigenvalue weighted by Gasteiger charge is 2.23. The summed E-state index contributed by atoms with van der Waals surface area (Å²) >= 11 is 0. The largest absolute Gasteiger partial charge is 0.457 e. The number of rotatable bonds is 7. The molecule has 4 N–H and O–H groups in total. The molecule has 0 spiro atoms. The zero-order valence-electron chi connectivity index (χ0n) is 14.7. The maximum atomic E-state index is 11.0. The Bertz CT molecular complexity index is 727. The summed E-state index contributed by atoms with van der Waals surface area (Å²) in [5, 5.41) is 0. The van der Waals surface area contributed by atoms with E-state index in [9.17, 15) is 4.79 Å². The molecule has 25 heavy (non-hydrogen) atoms. The average molecular weight is 344 g/mol. The Morgan fingerprint density at radius 2 is 1.80 bits per heavy atom. The van der Waals surface area contributed by atoms with Gasteiger partial charge in [0.15, 0.2) is 0 Å². The second-order valence-electron chi connectivity index (χ2n) is 6.40. The summed E-state index contributed by atoms with van der Waals surface area (Å²) in [5.41, 5.74) is 12.7. The Kier molecular flexibility index (Phi) is 5.88. The number of carbonyl (C=O) groups excluding carboxylic acids is 1. The number of benzene rings is 2. The van der Waals surface area contributed by atoms with Crippen LogP contribution in [-0.4, -0.2) is 18.8 Å². The van der Waals surface area contributed by atoms with Crippen molar-refractivity contribution in [3.63, 3.8) is 0 Å². The van der Waals surface area contributed by atoms with Gasteiger partial charge in [0.25, 0.3) is 0 Å². The monoisotopic (exact) mass is 344 g/mol. The second kappa shape index (κ2) is 7.90. The van der Waals surface area contributed by atoms with Crippen LogP contribution >= 0.6 is 0 Å². The number of carbonyl (C=O) groups is 1. The number of hydrogen-bond acceptors (Lipinski definition) is 5. The highest BCUT2D eigenvalue weighted by Crippen LogP contribution is 2.29. The molecule has 6 heteroatoms. The minimum atomic E-state index is -0.787. The van der Waals surface area contributed by atoms with Crippen molar-refractivity contribution in [3.05, 3.63) is 53.6 Å². The van der Waals surface area contributed by atoms with E-state index in [1.807, 2.05) is 44.2 Å². The van der Waals surface area contributed by atoms with Gasteiger partial charge in [-0.25, -0.2) is 4.79 Å². The molecule has 0 atom stereocenters. The van der Waals surface area contributed by atoms with Crippen LogP contribution in [0.15, 0.2) is 42.5 Å². The summed E-state index contributed by atoms with van der Waals surface area (Å²) in [7, 11) is 1.62. The Morgan fingerprint density at radius 3 is 2.40 bits per heavy atom. The van der Waals surface area contributed by atoms with E-state index in [0.29, 0.717) is 30.2 Å². The molecule has 0 saturated heterocycles. The number of methoxy groups -OCH3 is 1. The number of anilines is 1. The molecule has 2 aromatic carbocycles. The van der Waals surface area contributed by atoms with Gasteiger partial charge < -0.3 is 25.7 Å². The van der Waals surface area contributed by atoms with Crippen LogP contribution in [0.3, 0.4) is 0 Å². The maximum Gasteiger partial charge on any atom is 0.405 e. The number of ether oxygens (including phenoxy) is 3. The fraction of sp³-hybridized carbons (Fsp3) is 0.316. The highest BCUT2D eigenvalue weighted by atomic mass is 16.6. The van der Waals surface area contributed by atoms with Gasteiger partial charge in [-0.1, -0.05) is 6.07 Å². The molecule has 0 radical (unpaired) electrons. The van der Waals surface area contributed by atoms with Crippen LogP contribution in [0.2, 0.25) is 0 Å². The lowest BCUT2D eigenvalue weighted by atomic mass is 9.97. The molecule has 2 aromatic rings. The number of hydrogen-bond donors (Lipinski definition) is 2. The first-order valence-electron chi connectivity index (χ1n) is 7.91. The van der Waals surface area contributed by atoms with E-state index in [1.54, 1.807) is 19.2 Å². The molecule has 0 aliphatic rings. The molecular formula is C19H24N2O4. The van der Waals surface area contributed by atoms with Crippen molar-refractivity contribution in [3.8, 4) is 11.5 Å². The molecule has 0 fully saturated rings. The third kappa shape index (κ3) is 5.69. The maximum absolute atomic E-state index is 11.0. The fourth-order valence-electron chi connectivity index (χ4n) is 2.57. The molecule has 134 valence electrons. The third-order valence-corrected chi connectivity index (χ3v) is 3.54. The number of amides is 1. The lowest BCUT2D eigenvalue weighted by Crippen LogP contribution is -2.33. The van der Waals surface area contributed by atoms with Gasteiger partial charge in [-0.3, -0.25) is 0 Å². The molecule has 0 aromatic heterocycles. The molecule has 0 saturated carbocycles. The van der Waals surface area contributed by atoms with Crippen LogP contribution in [0.5, 0.6) is 11.5 Å². The first kappa shape index (κ1) is 18.6. The molecule has 1 amide bonds. The Balaban J connectivity index is 2.21. The van der Waals surface area contributed by atoms with Crippen LogP contribution in [0.25, 0.3) is 0 Å². The van der Waals surface area contributed by atoms with Crippen molar-refractivity contribution < 1.29 is 19.0 Å². The molecule has 0 heterocycles. The number of nitrogens with two attached hydrogens (primary N) is 2. The van der Waals surface area contributed by atoms with Crippen molar-refractivity contribution in [2.24, 2.45) is 5.73 Å². The summed E-state index contributed by atoms with van der Waals surface area (Å²) in [6.45, 7) is 4.02. The van der Waals surface area contributed by atoms with E-state index < -0.39 is 11.7 Å². The molecule has 0 aliphatic carbocycles. The predicted octanol–water partition coefficient (Wildman–Crippen LogP) is 3.62. The van der Waals surface area contributed by atoms with Crippen molar-refractivity contribution in [1.29, 1.82) is 0 Å². The quantitative estimate of drug-likeness (QED) is 0.748. The highest BCUT2D eigenvalue weighted by molar-refractivity contribution is 5.65. The Labute approximate surface area is 147 Å². The number of nitrogen functional groups attached to an aromatic ring is 1. The third-order valence-electron chi connectivity index (χ3n) is 3.54. The van der Waals surface area contributed by atoms with E-state index >= 15 is 0 Å². The zero-order valence-corrected chi connectivity index (χ0v) is 14.7. The smallest absolute Gasteiger partial charge is 0.405 e. The van der Waals surface area contributed by atoms with Gasteiger partial charge in [0.05, 0.1) is 6.61 Å². The normalized spacial score (nSPS) is 11.2. The van der Waals surface area contributed by atoms with Gasteiger partial charge in [-0.2, -0.15) is 0 Å². The average Bonchev–Trinajstić information content (AvgIpc) is 2.50. The lowest BCUT2D eigenvalue weighted by Gasteiger charge is -2.24. The summed E-state index contributed by atoms with van der Waals surface area (Å²) < 4.78 is 16.3. The first-order chi connectivity index (χ1) is 11.8. The minimum Gasteiger partial charge on any atom is -0.457 e. The summed E-state index contributed by atoms with van der Waals surface area (Å²) in [6.07, 6.45) is -0.264. The van der Waals surface area contributed by atoms with E-state index in [-0.39, 0.29) is 0 Å². The van der Waals surface area contributed by atoms with Crippen LogP contribution in [-0.2, 0) is 22.5 Å². The minimum absolute atomic E-state index is 0.398. The number of primary amides is 1. The van der Waals surface area contributed by atoms with Gasteiger partial charge in [-0.05, 0) is 55.8 Å². The van der Waals surface area contributed by atoms with E-state index in [2.05, 4.69) is 0 Å². The van der Waals surface area contributed by atoms with E-state index in [0.717, 1.165) is 11.1 Å². The van der Waals surface area contributed by atoms with E-state index in [4.69, 9.17) is 25.7 Å². The molecule has 2 rings (SSSR count). The predicted molar refractivity (Wildman–Crippen MR) is 96.5 cm³/mol. The molecule has 0 bridgehead atoms. The molecule has 0 aliphatic heterocycles. The summed E-state index contributed by atoms with van der Waals surface area (Å²) in [6, 6.07) is 13.0. The van der Waals surface area contributed by atoms with Crippen molar-refractivity contribution in [2.45, 2.75) is 32.5 Å². The fourth-order valence-corrected chi connectivity index (χ4v) is 2.57. The van der Waals surface area contributed by atoms with Gasteiger partial charge in [0.2, 0.25) is 0 Å². The molecular weight excluding hydrogens is 320 g/mol. The lowest BCUT2D eigenvalue weighted by molar-refractivity contribution is 0.0460. The van der Waals surface area contributed by atoms with Crippen molar-refractivity contribution in [1.82, 2.24) is 0 Å². The van der Waals surface area contributed by atoms with Crippen molar-refractivity contribution >= 4 is 11.8 Å². The van der Waals surface area contributed by atoms with E-state index in [1.165, 1.54) is 0 Å². The van der Waals surface area contributed by atoms with Gasteiger partial charge in [0, 0.05) is 24.8 Å². The van der Waals surface area contributed by atoms with Gasteiger partial charge >= 0.3 is 6.09 Å². The van der Waals surface area contributed by atoms with Gasteiger partial charge in [0.1, 0.15) is 17.1 Å². The zero-order chi connectivity index (χ0) is 18.4. The van der Waals surface area contributed by atoms with Crippen LogP contribution in [0.4, 0.5) is 10.5 Å². The SMILES string of the molecule is COCc1cc(CC(C)(C)OC(N)=O)ccc1Oc1ccc(N)cc1. The van der Waals surface area contributed by atoms with Crippen LogP contribution in [0.1, 0.15) is 25.0 Å². The Hall–Kier alpha value is -2.73. The topological polar surface area (TPSA) is 96.8 Å². The second-order valence-corrected chi connectivity index (χ2v) is 6.40. The van der Waals surface area contributed by atoms with Gasteiger partial charge in [-0.15, -0.1) is 0 Å². The molecule has 0 unspecified atom stereocenters.